The molecular formula is C14H14FN5. The van der Waals surface area contributed by atoms with E-state index < -0.39 is 0 Å². The summed E-state index contributed by atoms with van der Waals surface area (Å²) in [6.45, 7) is 4.25. The van der Waals surface area contributed by atoms with Crippen molar-refractivity contribution in [2.45, 2.75) is 20.4 Å². The summed E-state index contributed by atoms with van der Waals surface area (Å²) in [5, 5.41) is 7.36. The van der Waals surface area contributed by atoms with E-state index in [-0.39, 0.29) is 5.82 Å². The molecule has 0 aliphatic carbocycles. The first kappa shape index (κ1) is 12.5. The number of nitrogens with zero attached hydrogens (tertiary/aromatic N) is 4. The van der Waals surface area contributed by atoms with E-state index in [9.17, 15) is 4.39 Å². The van der Waals surface area contributed by atoms with Crippen LogP contribution in [0.1, 0.15) is 16.8 Å². The highest BCUT2D eigenvalue weighted by Crippen LogP contribution is 2.19. The van der Waals surface area contributed by atoms with Crippen molar-refractivity contribution in [1.82, 2.24) is 19.6 Å². The van der Waals surface area contributed by atoms with Gasteiger partial charge in [-0.1, -0.05) is 18.2 Å². The number of aromatic nitrogens is 4. The second kappa shape index (κ2) is 4.88. The Labute approximate surface area is 115 Å². The number of hydrogen-bond donors (Lipinski definition) is 1. The molecule has 6 heteroatoms. The molecule has 0 radical (unpaired) electrons. The van der Waals surface area contributed by atoms with Crippen LogP contribution < -0.4 is 5.32 Å². The zero-order valence-corrected chi connectivity index (χ0v) is 11.3. The fraction of sp³-hybridized carbons (Fsp3) is 0.214. The van der Waals surface area contributed by atoms with Gasteiger partial charge in [0.25, 0.3) is 5.78 Å². The van der Waals surface area contributed by atoms with Crippen molar-refractivity contribution < 1.29 is 4.39 Å². The molecule has 0 aliphatic heterocycles. The number of benzene rings is 1. The lowest BCUT2D eigenvalue weighted by Gasteiger charge is -2.12. The number of halogens is 1. The Morgan fingerprint density at radius 1 is 1.25 bits per heavy atom. The lowest BCUT2D eigenvalue weighted by Crippen LogP contribution is -2.10. The van der Waals surface area contributed by atoms with E-state index in [4.69, 9.17) is 0 Å². The van der Waals surface area contributed by atoms with Crippen molar-refractivity contribution in [3.05, 3.63) is 53.2 Å². The van der Waals surface area contributed by atoms with Crippen LogP contribution in [0, 0.1) is 19.7 Å². The highest BCUT2D eigenvalue weighted by atomic mass is 19.1. The Balaban J connectivity index is 1.97. The van der Waals surface area contributed by atoms with Gasteiger partial charge in [-0.25, -0.2) is 9.37 Å². The summed E-state index contributed by atoms with van der Waals surface area (Å²) in [6.07, 6.45) is 1.45. The zero-order valence-electron chi connectivity index (χ0n) is 11.3. The Morgan fingerprint density at radius 2 is 2.05 bits per heavy atom. The van der Waals surface area contributed by atoms with E-state index in [0.29, 0.717) is 17.9 Å². The van der Waals surface area contributed by atoms with Crippen LogP contribution in [0.3, 0.4) is 0 Å². The standard InChI is InChI=1S/C14H14FN5/c1-9-10(2)19-14-17-8-18-20(14)13(9)16-7-11-5-3-4-6-12(11)15/h3-6,8,16H,7H2,1-2H3. The van der Waals surface area contributed by atoms with Crippen LogP contribution in [0.4, 0.5) is 10.2 Å². The molecule has 20 heavy (non-hydrogen) atoms. The van der Waals surface area contributed by atoms with E-state index in [2.05, 4.69) is 20.4 Å². The lowest BCUT2D eigenvalue weighted by molar-refractivity contribution is 0.612. The first-order valence-corrected chi connectivity index (χ1v) is 6.31. The number of hydrogen-bond acceptors (Lipinski definition) is 4. The molecule has 0 saturated heterocycles. The van der Waals surface area contributed by atoms with Gasteiger partial charge in [0.2, 0.25) is 0 Å². The minimum Gasteiger partial charge on any atom is -0.365 e. The molecule has 2 aromatic heterocycles. The highest BCUT2D eigenvalue weighted by molar-refractivity contribution is 5.52. The zero-order chi connectivity index (χ0) is 14.1. The number of rotatable bonds is 3. The van der Waals surface area contributed by atoms with Gasteiger partial charge in [0.1, 0.15) is 18.0 Å². The first-order valence-electron chi connectivity index (χ1n) is 6.31. The maximum absolute atomic E-state index is 13.6. The van der Waals surface area contributed by atoms with E-state index >= 15 is 0 Å². The summed E-state index contributed by atoms with van der Waals surface area (Å²) in [5.41, 5.74) is 2.45. The molecule has 0 bridgehead atoms. The molecule has 102 valence electrons. The van der Waals surface area contributed by atoms with Crippen LogP contribution in [0.25, 0.3) is 5.78 Å². The average molecular weight is 271 g/mol. The molecule has 0 fully saturated rings. The summed E-state index contributed by atoms with van der Waals surface area (Å²) >= 11 is 0. The molecule has 3 rings (SSSR count). The topological polar surface area (TPSA) is 55.1 Å². The molecule has 1 aromatic carbocycles. The third kappa shape index (κ3) is 2.09. The quantitative estimate of drug-likeness (QED) is 0.795. The molecule has 0 unspecified atom stereocenters. The molecule has 0 amide bonds. The second-order valence-corrected chi connectivity index (χ2v) is 4.59. The van der Waals surface area contributed by atoms with Crippen molar-refractivity contribution in [2.24, 2.45) is 0 Å². The number of fused-ring (bicyclic) bond motifs is 1. The SMILES string of the molecule is Cc1nc2ncnn2c(NCc2ccccc2F)c1C. The summed E-state index contributed by atoms with van der Waals surface area (Å²) in [5.74, 6) is 1.09. The van der Waals surface area contributed by atoms with Gasteiger partial charge in [0.05, 0.1) is 0 Å². The largest absolute Gasteiger partial charge is 0.365 e. The maximum atomic E-state index is 13.6. The number of nitrogens with one attached hydrogen (secondary N) is 1. The van der Waals surface area contributed by atoms with Gasteiger partial charge in [-0.05, 0) is 19.9 Å². The van der Waals surface area contributed by atoms with Gasteiger partial charge in [0, 0.05) is 23.4 Å². The molecule has 0 aliphatic rings. The molecule has 0 saturated carbocycles. The third-order valence-corrected chi connectivity index (χ3v) is 3.31. The van der Waals surface area contributed by atoms with Crippen molar-refractivity contribution in [3.63, 3.8) is 0 Å². The fourth-order valence-corrected chi connectivity index (χ4v) is 2.06. The van der Waals surface area contributed by atoms with Gasteiger partial charge in [-0.2, -0.15) is 14.6 Å². The summed E-state index contributed by atoms with van der Waals surface area (Å²) in [7, 11) is 0. The average Bonchev–Trinajstić information content (AvgIpc) is 2.89. The smallest absolute Gasteiger partial charge is 0.254 e. The number of aryl methyl sites for hydroxylation is 1. The Morgan fingerprint density at radius 3 is 2.85 bits per heavy atom. The molecule has 0 atom stereocenters. The minimum absolute atomic E-state index is 0.224. The van der Waals surface area contributed by atoms with Crippen LogP contribution in [0.15, 0.2) is 30.6 Å². The molecule has 5 nitrogen and oxygen atoms in total. The molecule has 0 spiro atoms. The van der Waals surface area contributed by atoms with Crippen molar-refractivity contribution >= 4 is 11.6 Å². The maximum Gasteiger partial charge on any atom is 0.254 e. The molecule has 2 heterocycles. The Bertz CT molecular complexity index is 765. The summed E-state index contributed by atoms with van der Waals surface area (Å²) in [4.78, 5) is 8.42. The van der Waals surface area contributed by atoms with Crippen LogP contribution in [-0.4, -0.2) is 19.6 Å². The predicted molar refractivity (Wildman–Crippen MR) is 74.0 cm³/mol. The second-order valence-electron chi connectivity index (χ2n) is 4.59. The first-order chi connectivity index (χ1) is 9.66. The van der Waals surface area contributed by atoms with E-state index in [1.54, 1.807) is 16.6 Å². The summed E-state index contributed by atoms with van der Waals surface area (Å²) < 4.78 is 15.3. The van der Waals surface area contributed by atoms with E-state index in [1.807, 2.05) is 19.9 Å². The van der Waals surface area contributed by atoms with Gasteiger partial charge < -0.3 is 5.32 Å². The monoisotopic (exact) mass is 271 g/mol. The molecule has 3 aromatic rings. The van der Waals surface area contributed by atoms with E-state index in [1.165, 1.54) is 12.4 Å². The van der Waals surface area contributed by atoms with Gasteiger partial charge in [0.15, 0.2) is 0 Å². The van der Waals surface area contributed by atoms with Crippen LogP contribution >= 0.6 is 0 Å². The highest BCUT2D eigenvalue weighted by Gasteiger charge is 2.11. The van der Waals surface area contributed by atoms with Crippen LogP contribution in [0.2, 0.25) is 0 Å². The lowest BCUT2D eigenvalue weighted by atomic mass is 10.2. The Hall–Kier alpha value is -2.50. The normalized spacial score (nSPS) is 10.9. The van der Waals surface area contributed by atoms with Crippen molar-refractivity contribution in [2.75, 3.05) is 5.32 Å². The van der Waals surface area contributed by atoms with Crippen LogP contribution in [-0.2, 0) is 6.54 Å². The van der Waals surface area contributed by atoms with Crippen molar-refractivity contribution in [3.8, 4) is 0 Å². The fourth-order valence-electron chi connectivity index (χ4n) is 2.06. The van der Waals surface area contributed by atoms with Gasteiger partial charge in [-0.3, -0.25) is 0 Å². The molecular weight excluding hydrogens is 257 g/mol. The van der Waals surface area contributed by atoms with Gasteiger partial charge >= 0.3 is 0 Å². The Kier molecular flexibility index (Phi) is 3.06. The minimum atomic E-state index is -0.224. The molecule has 1 N–H and O–H groups in total. The predicted octanol–water partition coefficient (Wildman–Crippen LogP) is 2.49. The van der Waals surface area contributed by atoms with Gasteiger partial charge in [-0.15, -0.1) is 0 Å². The summed E-state index contributed by atoms with van der Waals surface area (Å²) in [6, 6.07) is 6.70. The van der Waals surface area contributed by atoms with Crippen molar-refractivity contribution in [1.29, 1.82) is 0 Å². The van der Waals surface area contributed by atoms with E-state index in [0.717, 1.165) is 17.1 Å². The third-order valence-electron chi connectivity index (χ3n) is 3.31. The van der Waals surface area contributed by atoms with Crippen LogP contribution in [0.5, 0.6) is 0 Å². The number of anilines is 1.